The zero-order valence-electron chi connectivity index (χ0n) is 11.4. The molecule has 0 spiro atoms. The van der Waals surface area contributed by atoms with E-state index in [2.05, 4.69) is 4.74 Å². The van der Waals surface area contributed by atoms with Crippen LogP contribution in [0.25, 0.3) is 0 Å². The maximum absolute atomic E-state index is 12.9. The Morgan fingerprint density at radius 1 is 1.18 bits per heavy atom. The van der Waals surface area contributed by atoms with Crippen LogP contribution in [0.1, 0.15) is 36.1 Å². The predicted molar refractivity (Wildman–Crippen MR) is 64.6 cm³/mol. The highest BCUT2D eigenvalue weighted by atomic mass is 19.4. The van der Waals surface area contributed by atoms with E-state index >= 15 is 0 Å². The summed E-state index contributed by atoms with van der Waals surface area (Å²) < 4.78 is 81.0. The minimum atomic E-state index is -4.88. The highest BCUT2D eigenvalue weighted by Crippen LogP contribution is 2.38. The van der Waals surface area contributed by atoms with E-state index in [0.717, 1.165) is 0 Å². The van der Waals surface area contributed by atoms with Crippen LogP contribution >= 0.6 is 0 Å². The number of benzene rings is 1. The Morgan fingerprint density at radius 2 is 1.77 bits per heavy atom. The van der Waals surface area contributed by atoms with Crippen molar-refractivity contribution < 1.29 is 35.9 Å². The van der Waals surface area contributed by atoms with E-state index in [1.807, 2.05) is 0 Å². The van der Waals surface area contributed by atoms with E-state index in [1.165, 1.54) is 6.92 Å². The van der Waals surface area contributed by atoms with Crippen molar-refractivity contribution in [2.24, 2.45) is 5.73 Å². The van der Waals surface area contributed by atoms with Gasteiger partial charge in [-0.1, -0.05) is 0 Å². The minimum absolute atomic E-state index is 0.0136. The van der Waals surface area contributed by atoms with E-state index in [9.17, 15) is 31.1 Å². The summed E-state index contributed by atoms with van der Waals surface area (Å²) in [6.07, 6.45) is -10.4. The molecule has 0 saturated heterocycles. The van der Waals surface area contributed by atoms with Gasteiger partial charge in [-0.2, -0.15) is 26.3 Å². The molecule has 9 heteroatoms. The van der Waals surface area contributed by atoms with Gasteiger partial charge < -0.3 is 10.5 Å². The number of alkyl halides is 6. The lowest BCUT2D eigenvalue weighted by atomic mass is 9.95. The van der Waals surface area contributed by atoms with Gasteiger partial charge in [-0.05, 0) is 30.7 Å². The number of halogens is 6. The summed E-state index contributed by atoms with van der Waals surface area (Å²) >= 11 is 0. The van der Waals surface area contributed by atoms with E-state index in [4.69, 9.17) is 5.73 Å². The third-order valence-corrected chi connectivity index (χ3v) is 2.78. The summed E-state index contributed by atoms with van der Waals surface area (Å²) in [5, 5.41) is 0. The van der Waals surface area contributed by atoms with Gasteiger partial charge in [0.15, 0.2) is 0 Å². The van der Waals surface area contributed by atoms with Crippen molar-refractivity contribution in [2.75, 3.05) is 6.61 Å². The van der Waals surface area contributed by atoms with Gasteiger partial charge in [0, 0.05) is 6.04 Å². The van der Waals surface area contributed by atoms with Gasteiger partial charge in [0.25, 0.3) is 0 Å². The number of carbonyl (C=O) groups is 1. The number of rotatable bonds is 4. The molecule has 1 atom stereocenters. The molecular formula is C13H13F6NO2. The predicted octanol–water partition coefficient (Wildman–Crippen LogP) is 3.68. The number of nitrogens with two attached hydrogens (primary N) is 1. The average molecular weight is 329 g/mol. The van der Waals surface area contributed by atoms with Crippen LogP contribution in [-0.4, -0.2) is 12.6 Å². The highest BCUT2D eigenvalue weighted by Gasteiger charge is 2.38. The number of ether oxygens (including phenoxy) is 1. The molecule has 2 N–H and O–H groups in total. The normalized spacial score (nSPS) is 13.8. The number of esters is 1. The molecule has 22 heavy (non-hydrogen) atoms. The van der Waals surface area contributed by atoms with Gasteiger partial charge in [0.1, 0.15) is 0 Å². The Morgan fingerprint density at radius 3 is 2.23 bits per heavy atom. The molecular weight excluding hydrogens is 316 g/mol. The fourth-order valence-corrected chi connectivity index (χ4v) is 1.81. The fraction of sp³-hybridized carbons (Fsp3) is 0.462. The molecule has 0 heterocycles. The molecule has 0 amide bonds. The summed E-state index contributed by atoms with van der Waals surface area (Å²) in [6, 6.07) is -0.614. The van der Waals surface area contributed by atoms with Crippen molar-refractivity contribution in [2.45, 2.75) is 31.7 Å². The van der Waals surface area contributed by atoms with Gasteiger partial charge in [-0.15, -0.1) is 0 Å². The minimum Gasteiger partial charge on any atom is -0.466 e. The molecule has 0 radical (unpaired) electrons. The first-order valence-corrected chi connectivity index (χ1v) is 6.16. The number of hydrogen-bond donors (Lipinski definition) is 1. The largest absolute Gasteiger partial charge is 0.466 e. The first-order chi connectivity index (χ1) is 9.96. The molecule has 0 aromatic heterocycles. The third-order valence-electron chi connectivity index (χ3n) is 2.78. The van der Waals surface area contributed by atoms with Gasteiger partial charge in [-0.25, -0.2) is 0 Å². The van der Waals surface area contributed by atoms with Crippen molar-refractivity contribution >= 4 is 5.97 Å². The molecule has 1 rings (SSSR count). The molecule has 0 aliphatic rings. The molecule has 1 aromatic carbocycles. The summed E-state index contributed by atoms with van der Waals surface area (Å²) in [6.45, 7) is 1.47. The summed E-state index contributed by atoms with van der Waals surface area (Å²) in [7, 11) is 0. The van der Waals surface area contributed by atoms with Crippen LogP contribution in [0.5, 0.6) is 0 Å². The van der Waals surface area contributed by atoms with Crippen LogP contribution in [-0.2, 0) is 21.9 Å². The van der Waals surface area contributed by atoms with Crippen LogP contribution in [0.2, 0.25) is 0 Å². The topological polar surface area (TPSA) is 52.3 Å². The standard InChI is InChI=1S/C13H13F6NO2/c1-2-22-11(21)6-10(20)8-5-7(12(14,15)16)3-4-9(8)13(17,18)19/h3-5,10H,2,6,20H2,1H3/t10-/m1/s1. The quantitative estimate of drug-likeness (QED) is 0.677. The Balaban J connectivity index is 3.25. The van der Waals surface area contributed by atoms with Crippen molar-refractivity contribution in [1.82, 2.24) is 0 Å². The smallest absolute Gasteiger partial charge is 0.416 e. The Kier molecular flexibility index (Phi) is 5.44. The maximum atomic E-state index is 12.9. The van der Waals surface area contributed by atoms with Crippen LogP contribution in [0, 0.1) is 0 Å². The Bertz CT molecular complexity index is 538. The summed E-state index contributed by atoms with van der Waals surface area (Å²) in [5.41, 5.74) is 2.09. The molecule has 0 aliphatic heterocycles. The second kappa shape index (κ2) is 6.55. The van der Waals surface area contributed by atoms with Gasteiger partial charge >= 0.3 is 18.3 Å². The first kappa shape index (κ1) is 18.3. The van der Waals surface area contributed by atoms with E-state index in [-0.39, 0.29) is 6.61 Å². The molecule has 0 fully saturated rings. The zero-order chi connectivity index (χ0) is 17.1. The molecule has 1 aromatic rings. The third kappa shape index (κ3) is 4.62. The molecule has 0 unspecified atom stereocenters. The van der Waals surface area contributed by atoms with Crippen molar-refractivity contribution in [3.05, 3.63) is 34.9 Å². The average Bonchev–Trinajstić information content (AvgIpc) is 2.36. The molecule has 0 saturated carbocycles. The first-order valence-electron chi connectivity index (χ1n) is 6.16. The summed E-state index contributed by atoms with van der Waals surface area (Å²) in [5.74, 6) is -0.888. The van der Waals surface area contributed by atoms with E-state index in [1.54, 1.807) is 0 Å². The zero-order valence-corrected chi connectivity index (χ0v) is 11.4. The lowest BCUT2D eigenvalue weighted by Crippen LogP contribution is -2.22. The van der Waals surface area contributed by atoms with Crippen LogP contribution < -0.4 is 5.73 Å². The van der Waals surface area contributed by atoms with Crippen LogP contribution in [0.15, 0.2) is 18.2 Å². The molecule has 3 nitrogen and oxygen atoms in total. The second-order valence-corrected chi connectivity index (χ2v) is 4.41. The molecule has 124 valence electrons. The fourth-order valence-electron chi connectivity index (χ4n) is 1.81. The van der Waals surface area contributed by atoms with Crippen LogP contribution in [0.4, 0.5) is 26.3 Å². The van der Waals surface area contributed by atoms with E-state index < -0.39 is 47.5 Å². The van der Waals surface area contributed by atoms with Gasteiger partial charge in [0.2, 0.25) is 0 Å². The Labute approximate surface area is 122 Å². The Hall–Kier alpha value is -1.77. The van der Waals surface area contributed by atoms with Crippen molar-refractivity contribution in [3.63, 3.8) is 0 Å². The van der Waals surface area contributed by atoms with Crippen LogP contribution in [0.3, 0.4) is 0 Å². The highest BCUT2D eigenvalue weighted by molar-refractivity contribution is 5.70. The lowest BCUT2D eigenvalue weighted by Gasteiger charge is -2.19. The molecule has 0 aliphatic carbocycles. The second-order valence-electron chi connectivity index (χ2n) is 4.41. The van der Waals surface area contributed by atoms with Crippen molar-refractivity contribution in [3.8, 4) is 0 Å². The monoisotopic (exact) mass is 329 g/mol. The summed E-state index contributed by atoms with van der Waals surface area (Å²) in [4.78, 5) is 11.3. The number of carbonyl (C=O) groups excluding carboxylic acids is 1. The maximum Gasteiger partial charge on any atom is 0.416 e. The van der Waals surface area contributed by atoms with Gasteiger partial charge in [0.05, 0.1) is 24.2 Å². The van der Waals surface area contributed by atoms with E-state index in [0.29, 0.717) is 18.2 Å². The van der Waals surface area contributed by atoms with Crippen molar-refractivity contribution in [1.29, 1.82) is 0 Å². The lowest BCUT2D eigenvalue weighted by molar-refractivity contribution is -0.145. The number of hydrogen-bond acceptors (Lipinski definition) is 3. The SMILES string of the molecule is CCOC(=O)C[C@@H](N)c1cc(C(F)(F)F)ccc1C(F)(F)F. The van der Waals surface area contributed by atoms with Gasteiger partial charge in [-0.3, -0.25) is 4.79 Å². The molecule has 0 bridgehead atoms.